The van der Waals surface area contributed by atoms with Crippen LogP contribution in [0.15, 0.2) is 12.1 Å². The molecule has 0 aliphatic carbocycles. The molecule has 0 spiro atoms. The van der Waals surface area contributed by atoms with Crippen LogP contribution in [0.5, 0.6) is 0 Å². The largest absolute Gasteiger partial charge is 0.314 e. The first-order chi connectivity index (χ1) is 9.56. The lowest BCUT2D eigenvalue weighted by molar-refractivity contribution is 0.125. The Labute approximate surface area is 120 Å². The lowest BCUT2D eigenvalue weighted by Crippen LogP contribution is -2.46. The van der Waals surface area contributed by atoms with E-state index in [1.165, 1.54) is 0 Å². The van der Waals surface area contributed by atoms with Crippen molar-refractivity contribution in [2.45, 2.75) is 33.2 Å². The van der Waals surface area contributed by atoms with Crippen LogP contribution in [0.3, 0.4) is 0 Å². The predicted molar refractivity (Wildman–Crippen MR) is 77.7 cm³/mol. The Morgan fingerprint density at radius 2 is 1.85 bits per heavy atom. The summed E-state index contributed by atoms with van der Waals surface area (Å²) in [6, 6.07) is 3.40. The zero-order chi connectivity index (χ0) is 14.7. The van der Waals surface area contributed by atoms with Crippen molar-refractivity contribution in [3.05, 3.63) is 34.9 Å². The lowest BCUT2D eigenvalue weighted by atomic mass is 9.89. The highest BCUT2D eigenvalue weighted by molar-refractivity contribution is 5.28. The molecule has 0 bridgehead atoms. The molecular formula is C16H24F2N2. The van der Waals surface area contributed by atoms with Crippen molar-refractivity contribution in [1.29, 1.82) is 0 Å². The summed E-state index contributed by atoms with van der Waals surface area (Å²) in [4.78, 5) is 2.28. The summed E-state index contributed by atoms with van der Waals surface area (Å²) in [6.45, 7) is 9.39. The first-order valence-electron chi connectivity index (χ1n) is 7.45. The van der Waals surface area contributed by atoms with Gasteiger partial charge in [-0.05, 0) is 18.4 Å². The normalized spacial score (nSPS) is 19.9. The Balaban J connectivity index is 2.38. The SMILES string of the molecule is CCC(C)[C@H](c1ccc(C)c(F)c1F)N1CCNCC1. The van der Waals surface area contributed by atoms with Crippen LogP contribution in [-0.2, 0) is 0 Å². The number of hydrogen-bond acceptors (Lipinski definition) is 2. The van der Waals surface area contributed by atoms with Crippen molar-refractivity contribution in [2.24, 2.45) is 5.92 Å². The minimum Gasteiger partial charge on any atom is -0.314 e. The van der Waals surface area contributed by atoms with Gasteiger partial charge in [0, 0.05) is 37.8 Å². The Morgan fingerprint density at radius 3 is 2.45 bits per heavy atom. The van der Waals surface area contributed by atoms with E-state index >= 15 is 0 Å². The molecule has 1 saturated heterocycles. The maximum atomic E-state index is 14.3. The molecular weight excluding hydrogens is 258 g/mol. The zero-order valence-corrected chi connectivity index (χ0v) is 12.5. The molecule has 1 heterocycles. The fraction of sp³-hybridized carbons (Fsp3) is 0.625. The minimum absolute atomic E-state index is 0.0443. The van der Waals surface area contributed by atoms with Gasteiger partial charge in [-0.25, -0.2) is 8.78 Å². The Hall–Kier alpha value is -1.00. The molecule has 112 valence electrons. The quantitative estimate of drug-likeness (QED) is 0.912. The topological polar surface area (TPSA) is 15.3 Å². The fourth-order valence-electron chi connectivity index (χ4n) is 2.94. The van der Waals surface area contributed by atoms with Gasteiger partial charge in [-0.3, -0.25) is 4.90 Å². The van der Waals surface area contributed by atoms with E-state index in [1.54, 1.807) is 19.1 Å². The van der Waals surface area contributed by atoms with E-state index in [-0.39, 0.29) is 6.04 Å². The van der Waals surface area contributed by atoms with Crippen molar-refractivity contribution in [2.75, 3.05) is 26.2 Å². The number of halogens is 2. The van der Waals surface area contributed by atoms with Crippen LogP contribution in [0.25, 0.3) is 0 Å². The Morgan fingerprint density at radius 1 is 1.20 bits per heavy atom. The third kappa shape index (κ3) is 3.01. The van der Waals surface area contributed by atoms with E-state index < -0.39 is 11.6 Å². The standard InChI is InChI=1S/C16H24F2N2/c1-4-11(2)16(20-9-7-19-8-10-20)13-6-5-12(3)14(17)15(13)18/h5-6,11,16,19H,4,7-10H2,1-3H3/t11?,16-/m1/s1. The van der Waals surface area contributed by atoms with Crippen molar-refractivity contribution in [3.8, 4) is 0 Å². The molecule has 1 aliphatic rings. The van der Waals surface area contributed by atoms with Crippen molar-refractivity contribution < 1.29 is 8.78 Å². The second kappa shape index (κ2) is 6.64. The van der Waals surface area contributed by atoms with Gasteiger partial charge in [0.25, 0.3) is 0 Å². The molecule has 4 heteroatoms. The molecule has 2 nitrogen and oxygen atoms in total. The number of benzene rings is 1. The average Bonchev–Trinajstić information content (AvgIpc) is 2.48. The summed E-state index contributed by atoms with van der Waals surface area (Å²) in [5.41, 5.74) is 0.874. The highest BCUT2D eigenvalue weighted by Gasteiger charge is 2.29. The number of rotatable bonds is 4. The molecule has 1 aromatic rings. The van der Waals surface area contributed by atoms with Crippen molar-refractivity contribution in [1.82, 2.24) is 10.2 Å². The minimum atomic E-state index is -0.703. The molecule has 1 unspecified atom stereocenters. The number of hydrogen-bond donors (Lipinski definition) is 1. The molecule has 2 rings (SSSR count). The highest BCUT2D eigenvalue weighted by Crippen LogP contribution is 2.33. The third-order valence-electron chi connectivity index (χ3n) is 4.35. The number of piperazine rings is 1. The van der Waals surface area contributed by atoms with Crippen LogP contribution < -0.4 is 5.32 Å². The summed E-state index contributed by atoms with van der Waals surface area (Å²) in [6.07, 6.45) is 0.948. The Kier molecular flexibility index (Phi) is 5.11. The first-order valence-corrected chi connectivity index (χ1v) is 7.45. The number of nitrogens with one attached hydrogen (secondary N) is 1. The average molecular weight is 282 g/mol. The maximum Gasteiger partial charge on any atom is 0.163 e. The molecule has 1 fully saturated rings. The lowest BCUT2D eigenvalue weighted by Gasteiger charge is -2.38. The molecule has 1 aliphatic heterocycles. The van der Waals surface area contributed by atoms with E-state index in [1.807, 2.05) is 0 Å². The van der Waals surface area contributed by atoms with E-state index in [0.29, 0.717) is 17.0 Å². The highest BCUT2D eigenvalue weighted by atomic mass is 19.2. The van der Waals surface area contributed by atoms with Gasteiger partial charge in [0.1, 0.15) is 0 Å². The van der Waals surface area contributed by atoms with E-state index in [0.717, 1.165) is 32.6 Å². The summed E-state index contributed by atoms with van der Waals surface area (Å²) < 4.78 is 28.2. The smallest absolute Gasteiger partial charge is 0.163 e. The summed E-state index contributed by atoms with van der Waals surface area (Å²) >= 11 is 0. The van der Waals surface area contributed by atoms with Crippen LogP contribution >= 0.6 is 0 Å². The molecule has 1 N–H and O–H groups in total. The third-order valence-corrected chi connectivity index (χ3v) is 4.35. The van der Waals surface area contributed by atoms with E-state index in [9.17, 15) is 8.78 Å². The summed E-state index contributed by atoms with van der Waals surface area (Å²) in [5.74, 6) is -1.08. The predicted octanol–water partition coefficient (Wildman–Crippen LogP) is 3.27. The van der Waals surface area contributed by atoms with E-state index in [4.69, 9.17) is 0 Å². The van der Waals surface area contributed by atoms with Gasteiger partial charge in [-0.15, -0.1) is 0 Å². The Bertz CT molecular complexity index is 456. The monoisotopic (exact) mass is 282 g/mol. The van der Waals surface area contributed by atoms with Gasteiger partial charge in [0.2, 0.25) is 0 Å². The molecule has 0 amide bonds. The van der Waals surface area contributed by atoms with Crippen molar-refractivity contribution in [3.63, 3.8) is 0 Å². The van der Waals surface area contributed by atoms with Crippen LogP contribution in [0.4, 0.5) is 8.78 Å². The van der Waals surface area contributed by atoms with Gasteiger partial charge < -0.3 is 5.32 Å². The number of nitrogens with zero attached hydrogens (tertiary/aromatic N) is 1. The van der Waals surface area contributed by atoms with Gasteiger partial charge in [-0.2, -0.15) is 0 Å². The number of aryl methyl sites for hydroxylation is 1. The molecule has 1 aromatic carbocycles. The van der Waals surface area contributed by atoms with Gasteiger partial charge >= 0.3 is 0 Å². The van der Waals surface area contributed by atoms with Gasteiger partial charge in [0.05, 0.1) is 0 Å². The molecule has 0 saturated carbocycles. The molecule has 0 radical (unpaired) electrons. The first kappa shape index (κ1) is 15.4. The fourth-order valence-corrected chi connectivity index (χ4v) is 2.94. The summed E-state index contributed by atoms with van der Waals surface area (Å²) in [5, 5.41) is 3.30. The van der Waals surface area contributed by atoms with Crippen LogP contribution in [-0.4, -0.2) is 31.1 Å². The summed E-state index contributed by atoms with van der Waals surface area (Å²) in [7, 11) is 0. The molecule has 2 atom stereocenters. The molecule has 0 aromatic heterocycles. The van der Waals surface area contributed by atoms with Crippen LogP contribution in [0.2, 0.25) is 0 Å². The second-order valence-electron chi connectivity index (χ2n) is 5.72. The second-order valence-corrected chi connectivity index (χ2v) is 5.72. The van der Waals surface area contributed by atoms with Crippen LogP contribution in [0.1, 0.15) is 37.4 Å². The zero-order valence-electron chi connectivity index (χ0n) is 12.5. The van der Waals surface area contributed by atoms with Gasteiger partial charge in [0.15, 0.2) is 11.6 Å². The van der Waals surface area contributed by atoms with E-state index in [2.05, 4.69) is 24.1 Å². The maximum absolute atomic E-state index is 14.3. The van der Waals surface area contributed by atoms with Crippen LogP contribution in [0, 0.1) is 24.5 Å². The van der Waals surface area contributed by atoms with Crippen molar-refractivity contribution >= 4 is 0 Å². The van der Waals surface area contributed by atoms with Gasteiger partial charge in [-0.1, -0.05) is 32.4 Å². The molecule has 20 heavy (non-hydrogen) atoms.